The number of amides is 1. The summed E-state index contributed by atoms with van der Waals surface area (Å²) in [5.41, 5.74) is 0. The molecule has 6 heteroatoms. The molecule has 0 aromatic carbocycles. The van der Waals surface area contributed by atoms with Gasteiger partial charge in [-0.2, -0.15) is 0 Å². The zero-order valence-corrected chi connectivity index (χ0v) is 12.5. The number of aliphatic hydroxyl groups is 1. The minimum atomic E-state index is -1.04. The molecule has 5 nitrogen and oxygen atoms in total. The maximum Gasteiger partial charge on any atom is 2.00 e. The molecule has 82 valence electrons. The third-order valence-corrected chi connectivity index (χ3v) is 1.05. The maximum absolute atomic E-state index is 9.94. The molecule has 1 amide bonds. The fourth-order valence-corrected chi connectivity index (χ4v) is 0.589. The fraction of sp³-hybridized carbons (Fsp3) is 0.625. The van der Waals surface area contributed by atoms with Crippen LogP contribution in [0.15, 0.2) is 0 Å². The summed E-state index contributed by atoms with van der Waals surface area (Å²) in [5, 5.41) is 19.0. The molecular weight excluding hydrogens is 412 g/mol. The number of hydrogen-bond donors (Lipinski definition) is 3. The zero-order chi connectivity index (χ0) is 9.40. The van der Waals surface area contributed by atoms with Crippen LogP contribution in [0.3, 0.4) is 0 Å². The van der Waals surface area contributed by atoms with Crippen molar-refractivity contribution in [2.24, 2.45) is 0 Å². The van der Waals surface area contributed by atoms with Gasteiger partial charge in [0.25, 0.3) is 0 Å². The molecule has 3 N–H and O–H groups in total. The predicted molar refractivity (Wildman–Crippen MR) is 49.2 cm³/mol. The van der Waals surface area contributed by atoms with Crippen molar-refractivity contribution >= 4 is 6.09 Å². The van der Waals surface area contributed by atoms with Crippen LogP contribution in [0.1, 0.15) is 6.42 Å². The van der Waals surface area contributed by atoms with E-state index >= 15 is 0 Å². The van der Waals surface area contributed by atoms with Crippen molar-refractivity contribution in [1.82, 2.24) is 5.32 Å². The Morgan fingerprint density at radius 1 is 1.57 bits per heavy atom. The Hall–Kier alpha value is 0.242. The SMILES string of the molecule is [CH2-]C(O)COCCCNC(=O)O.[CH3-].[U+2]. The van der Waals surface area contributed by atoms with Gasteiger partial charge in [0.1, 0.15) is 0 Å². The number of ether oxygens (including phenoxy) is 1. The van der Waals surface area contributed by atoms with Crippen molar-refractivity contribution in [3.8, 4) is 0 Å². The molecule has 1 unspecified atom stereocenters. The number of nitrogens with one attached hydrogen (secondary N) is 1. The normalized spacial score (nSPS) is 10.7. The van der Waals surface area contributed by atoms with Gasteiger partial charge in [-0.05, 0) is 12.5 Å². The van der Waals surface area contributed by atoms with Crippen molar-refractivity contribution < 1.29 is 50.9 Å². The monoisotopic (exact) mass is 429 g/mol. The van der Waals surface area contributed by atoms with Crippen LogP contribution >= 0.6 is 0 Å². The van der Waals surface area contributed by atoms with Gasteiger partial charge in [0.2, 0.25) is 0 Å². The van der Waals surface area contributed by atoms with Gasteiger partial charge in [0.15, 0.2) is 0 Å². The van der Waals surface area contributed by atoms with Crippen LogP contribution in [0.2, 0.25) is 0 Å². The van der Waals surface area contributed by atoms with E-state index in [1.165, 1.54) is 0 Å². The second-order valence-electron chi connectivity index (χ2n) is 2.31. The number of hydrogen-bond acceptors (Lipinski definition) is 3. The minimum Gasteiger partial charge on any atom is -0.465 e. The average Bonchev–Trinajstić information content (AvgIpc) is 1.95. The molecule has 0 aliphatic heterocycles. The Morgan fingerprint density at radius 2 is 2.14 bits per heavy atom. The van der Waals surface area contributed by atoms with Crippen molar-refractivity contribution in [2.45, 2.75) is 12.5 Å². The quantitative estimate of drug-likeness (QED) is 0.420. The van der Waals surface area contributed by atoms with E-state index in [1.54, 1.807) is 0 Å². The number of aliphatic hydroxyl groups excluding tert-OH is 1. The Bertz CT molecular complexity index is 133. The van der Waals surface area contributed by atoms with Crippen LogP contribution in [0, 0.1) is 45.5 Å². The zero-order valence-electron chi connectivity index (χ0n) is 8.32. The molecule has 0 aliphatic rings. The molecule has 14 heavy (non-hydrogen) atoms. The first-order valence-electron chi connectivity index (χ1n) is 3.68. The molecule has 0 saturated carbocycles. The summed E-state index contributed by atoms with van der Waals surface area (Å²) < 4.78 is 4.93. The van der Waals surface area contributed by atoms with E-state index < -0.39 is 12.2 Å². The molecule has 0 aliphatic carbocycles. The largest absolute Gasteiger partial charge is 2.00 e. The van der Waals surface area contributed by atoms with Crippen molar-refractivity contribution in [3.05, 3.63) is 14.4 Å². The van der Waals surface area contributed by atoms with E-state index in [2.05, 4.69) is 12.2 Å². The Kier molecular flexibility index (Phi) is 18.7. The van der Waals surface area contributed by atoms with Crippen molar-refractivity contribution in [2.75, 3.05) is 19.8 Å². The van der Waals surface area contributed by atoms with Gasteiger partial charge < -0.3 is 34.6 Å². The predicted octanol–water partition coefficient (Wildman–Crippen LogP) is 0.306. The van der Waals surface area contributed by atoms with Crippen LogP contribution in [0.4, 0.5) is 4.79 Å². The van der Waals surface area contributed by atoms with E-state index in [4.69, 9.17) is 14.9 Å². The summed E-state index contributed by atoms with van der Waals surface area (Å²) in [4.78, 5) is 9.94. The van der Waals surface area contributed by atoms with E-state index in [-0.39, 0.29) is 45.1 Å². The second-order valence-corrected chi connectivity index (χ2v) is 2.31. The first-order valence-corrected chi connectivity index (χ1v) is 3.68. The molecule has 0 rings (SSSR count). The molecule has 0 bridgehead atoms. The molecule has 0 fully saturated rings. The summed E-state index contributed by atoms with van der Waals surface area (Å²) in [7, 11) is 0. The van der Waals surface area contributed by atoms with E-state index in [0.717, 1.165) is 0 Å². The van der Waals surface area contributed by atoms with Gasteiger partial charge in [-0.3, -0.25) is 0 Å². The number of carboxylic acid groups (broad SMARTS) is 1. The van der Waals surface area contributed by atoms with Crippen LogP contribution in [0.5, 0.6) is 0 Å². The standard InChI is InChI=1S/C7H14NO4.CH3.U/c1-6(9)5-12-4-2-3-8-7(10)11;;/h6,8-9H,1-5H2,(H,10,11);1H3;/q2*-1;+2. The van der Waals surface area contributed by atoms with Crippen molar-refractivity contribution in [1.29, 1.82) is 0 Å². The van der Waals surface area contributed by atoms with Gasteiger partial charge >= 0.3 is 37.2 Å². The van der Waals surface area contributed by atoms with Gasteiger partial charge in [0, 0.05) is 19.8 Å². The molecule has 0 saturated heterocycles. The fourth-order valence-electron chi connectivity index (χ4n) is 0.589. The summed E-state index contributed by atoms with van der Waals surface area (Å²) in [5.74, 6) is 0. The Morgan fingerprint density at radius 3 is 2.57 bits per heavy atom. The second kappa shape index (κ2) is 13.2. The smallest absolute Gasteiger partial charge is 0.465 e. The molecular formula is C8H17NO4U. The first kappa shape index (κ1) is 19.8. The summed E-state index contributed by atoms with van der Waals surface area (Å²) in [6, 6.07) is 0. The molecule has 0 aromatic heterocycles. The van der Waals surface area contributed by atoms with Crippen LogP contribution in [-0.2, 0) is 4.74 Å². The first-order chi connectivity index (χ1) is 5.63. The van der Waals surface area contributed by atoms with Crippen molar-refractivity contribution in [3.63, 3.8) is 0 Å². The molecule has 0 radical (unpaired) electrons. The Labute approximate surface area is 109 Å². The summed E-state index contributed by atoms with van der Waals surface area (Å²) in [6.45, 7) is 4.28. The van der Waals surface area contributed by atoms with E-state index in [1.807, 2.05) is 0 Å². The molecule has 0 aromatic rings. The number of rotatable bonds is 6. The summed E-state index contributed by atoms with van der Waals surface area (Å²) >= 11 is 0. The topological polar surface area (TPSA) is 78.8 Å². The number of carbonyl (C=O) groups is 1. The van der Waals surface area contributed by atoms with E-state index in [9.17, 15) is 4.79 Å². The van der Waals surface area contributed by atoms with E-state index in [0.29, 0.717) is 19.6 Å². The van der Waals surface area contributed by atoms with Gasteiger partial charge in [-0.15, -0.1) is 0 Å². The van der Waals surface area contributed by atoms with Gasteiger partial charge in [-0.25, -0.2) is 4.79 Å². The average molecular weight is 429 g/mol. The van der Waals surface area contributed by atoms with Gasteiger partial charge in [-0.1, -0.05) is 0 Å². The third-order valence-electron chi connectivity index (χ3n) is 1.05. The third kappa shape index (κ3) is 18.1. The summed E-state index contributed by atoms with van der Waals surface area (Å²) in [6.07, 6.45) is -1.15. The molecule has 0 heterocycles. The van der Waals surface area contributed by atoms with Gasteiger partial charge in [0.05, 0.1) is 0 Å². The Balaban J connectivity index is -0.000000605. The molecule has 1 atom stereocenters. The van der Waals surface area contributed by atoms with Crippen LogP contribution in [-0.4, -0.2) is 42.2 Å². The van der Waals surface area contributed by atoms with Crippen LogP contribution in [0.25, 0.3) is 0 Å². The maximum atomic E-state index is 9.94. The van der Waals surface area contributed by atoms with Crippen LogP contribution < -0.4 is 5.32 Å². The minimum absolute atomic E-state index is 0. The molecule has 0 spiro atoms.